The Bertz CT molecular complexity index is 138. The number of carbonyl (C=O) groups is 1. The van der Waals surface area contributed by atoms with Crippen LogP contribution in [0.25, 0.3) is 0 Å². The monoisotopic (exact) mass is 128 g/mol. The van der Waals surface area contributed by atoms with Crippen molar-refractivity contribution in [2.45, 2.75) is 6.42 Å². The van der Waals surface area contributed by atoms with Crippen LogP contribution in [0, 0.1) is 12.3 Å². The summed E-state index contributed by atoms with van der Waals surface area (Å²) < 4.78 is 0. The van der Waals surface area contributed by atoms with E-state index in [0.717, 1.165) is 0 Å². The molecule has 0 aliphatic heterocycles. The van der Waals surface area contributed by atoms with E-state index in [1.54, 1.807) is 0 Å². The average Bonchev–Trinajstić information content (AvgIpc) is 1.82. The van der Waals surface area contributed by atoms with Crippen molar-refractivity contribution in [3.05, 3.63) is 0 Å². The van der Waals surface area contributed by atoms with Crippen molar-refractivity contribution in [1.29, 1.82) is 0 Å². The lowest BCUT2D eigenvalue weighted by Crippen LogP contribution is -2.33. The number of hydroxylamine groups is 2. The van der Waals surface area contributed by atoms with Crippen LogP contribution in [0.2, 0.25) is 0 Å². The number of nitrogens with zero attached hydrogens (tertiary/aromatic N) is 1. The van der Waals surface area contributed by atoms with Gasteiger partial charge in [0.1, 0.15) is 0 Å². The molecule has 0 aliphatic rings. The van der Waals surface area contributed by atoms with Crippen molar-refractivity contribution in [2.75, 3.05) is 6.54 Å². The number of primary amides is 1. The first-order chi connectivity index (χ1) is 4.18. The summed E-state index contributed by atoms with van der Waals surface area (Å²) in [5, 5.41) is 8.90. The lowest BCUT2D eigenvalue weighted by atomic mass is 10.4. The zero-order valence-electron chi connectivity index (χ0n) is 4.87. The van der Waals surface area contributed by atoms with Gasteiger partial charge in [0.05, 0.1) is 6.54 Å². The second-order valence-electron chi connectivity index (χ2n) is 1.42. The predicted octanol–water partition coefficient (Wildman–Crippen LogP) is -0.220. The van der Waals surface area contributed by atoms with Crippen LogP contribution in [0.1, 0.15) is 6.42 Å². The minimum absolute atomic E-state index is 0.0891. The topological polar surface area (TPSA) is 66.6 Å². The molecule has 0 radical (unpaired) electrons. The van der Waals surface area contributed by atoms with Crippen LogP contribution in [0.15, 0.2) is 0 Å². The van der Waals surface area contributed by atoms with Gasteiger partial charge in [-0.25, -0.2) is 9.86 Å². The molecule has 0 rings (SSSR count). The fourth-order valence-corrected chi connectivity index (χ4v) is 0.281. The SMILES string of the molecule is C#CCCN(O)C(N)=O. The molecule has 2 amide bonds. The Morgan fingerprint density at radius 3 is 2.78 bits per heavy atom. The van der Waals surface area contributed by atoms with Gasteiger partial charge in [0.15, 0.2) is 0 Å². The fourth-order valence-electron chi connectivity index (χ4n) is 0.281. The molecule has 0 unspecified atom stereocenters. The van der Waals surface area contributed by atoms with Gasteiger partial charge in [-0.1, -0.05) is 0 Å². The Hall–Kier alpha value is -1.21. The summed E-state index contributed by atoms with van der Waals surface area (Å²) in [5.41, 5.74) is 4.65. The number of urea groups is 1. The van der Waals surface area contributed by atoms with Gasteiger partial charge >= 0.3 is 6.03 Å². The smallest absolute Gasteiger partial charge is 0.338 e. The molecule has 3 N–H and O–H groups in total. The highest BCUT2D eigenvalue weighted by atomic mass is 16.5. The molecule has 0 spiro atoms. The van der Waals surface area contributed by atoms with E-state index in [9.17, 15) is 4.79 Å². The zero-order chi connectivity index (χ0) is 7.28. The van der Waals surface area contributed by atoms with Gasteiger partial charge in [0.25, 0.3) is 0 Å². The molecule has 0 aliphatic carbocycles. The van der Waals surface area contributed by atoms with Crippen molar-refractivity contribution >= 4 is 6.03 Å². The molecule has 9 heavy (non-hydrogen) atoms. The van der Waals surface area contributed by atoms with Gasteiger partial charge < -0.3 is 5.73 Å². The number of nitrogens with two attached hydrogens (primary N) is 1. The molecule has 0 atom stereocenters. The second-order valence-corrected chi connectivity index (χ2v) is 1.42. The second kappa shape index (κ2) is 3.75. The minimum Gasteiger partial charge on any atom is -0.350 e. The summed E-state index contributed by atoms with van der Waals surface area (Å²) in [6, 6.07) is -0.884. The van der Waals surface area contributed by atoms with E-state index < -0.39 is 6.03 Å². The number of rotatable bonds is 2. The maximum Gasteiger partial charge on any atom is 0.338 e. The quantitative estimate of drug-likeness (QED) is 0.306. The number of amides is 2. The van der Waals surface area contributed by atoms with Gasteiger partial charge in [0.2, 0.25) is 0 Å². The summed E-state index contributed by atoms with van der Waals surface area (Å²) in [7, 11) is 0. The predicted molar refractivity (Wildman–Crippen MR) is 31.5 cm³/mol. The van der Waals surface area contributed by atoms with Gasteiger partial charge in [-0.05, 0) is 0 Å². The highest BCUT2D eigenvalue weighted by Gasteiger charge is 2.01. The lowest BCUT2D eigenvalue weighted by Gasteiger charge is -2.07. The van der Waals surface area contributed by atoms with Crippen LogP contribution < -0.4 is 5.73 Å². The fraction of sp³-hybridized carbons (Fsp3) is 0.400. The third-order valence-electron chi connectivity index (χ3n) is 0.722. The molecule has 0 fully saturated rings. The van der Waals surface area contributed by atoms with Gasteiger partial charge in [0, 0.05) is 6.42 Å². The largest absolute Gasteiger partial charge is 0.350 e. The molecule has 0 heterocycles. The van der Waals surface area contributed by atoms with Crippen LogP contribution in [0.5, 0.6) is 0 Å². The molecule has 4 heteroatoms. The van der Waals surface area contributed by atoms with Crippen LogP contribution >= 0.6 is 0 Å². The first kappa shape index (κ1) is 7.79. The Morgan fingerprint density at radius 2 is 2.44 bits per heavy atom. The minimum atomic E-state index is -0.884. The van der Waals surface area contributed by atoms with E-state index in [-0.39, 0.29) is 6.54 Å². The molecule has 50 valence electrons. The molecular formula is C5H8N2O2. The van der Waals surface area contributed by atoms with Crippen molar-refractivity contribution in [3.8, 4) is 12.3 Å². The van der Waals surface area contributed by atoms with Crippen LogP contribution in [0.3, 0.4) is 0 Å². The number of hydrogen-bond donors (Lipinski definition) is 2. The van der Waals surface area contributed by atoms with E-state index >= 15 is 0 Å². The van der Waals surface area contributed by atoms with Crippen molar-refractivity contribution in [3.63, 3.8) is 0 Å². The first-order valence-corrected chi connectivity index (χ1v) is 2.37. The van der Waals surface area contributed by atoms with Crippen LogP contribution in [-0.4, -0.2) is 22.8 Å². The summed E-state index contributed by atoms with van der Waals surface area (Å²) in [6.45, 7) is 0.0891. The molecule has 0 aromatic carbocycles. The highest BCUT2D eigenvalue weighted by Crippen LogP contribution is 1.82. The summed E-state index contributed by atoms with van der Waals surface area (Å²) in [4.78, 5) is 10.0. The maximum atomic E-state index is 10.0. The third-order valence-corrected chi connectivity index (χ3v) is 0.722. The molecule has 0 aromatic rings. The van der Waals surface area contributed by atoms with E-state index in [1.165, 1.54) is 0 Å². The van der Waals surface area contributed by atoms with Gasteiger partial charge in [-0.15, -0.1) is 12.3 Å². The number of hydrogen-bond acceptors (Lipinski definition) is 2. The molecule has 0 bridgehead atoms. The number of carbonyl (C=O) groups excluding carboxylic acids is 1. The van der Waals surface area contributed by atoms with E-state index in [4.69, 9.17) is 11.6 Å². The summed E-state index contributed by atoms with van der Waals surface area (Å²) in [6.07, 6.45) is 5.14. The Kier molecular flexibility index (Phi) is 3.25. The van der Waals surface area contributed by atoms with Gasteiger partial charge in [-0.3, -0.25) is 5.21 Å². The first-order valence-electron chi connectivity index (χ1n) is 2.37. The summed E-state index contributed by atoms with van der Waals surface area (Å²) >= 11 is 0. The van der Waals surface area contributed by atoms with Crippen molar-refractivity contribution in [2.24, 2.45) is 5.73 Å². The van der Waals surface area contributed by atoms with Crippen LogP contribution in [-0.2, 0) is 0 Å². The maximum absolute atomic E-state index is 10.0. The Labute approximate surface area is 53.2 Å². The third kappa shape index (κ3) is 3.38. The molecule has 4 nitrogen and oxygen atoms in total. The van der Waals surface area contributed by atoms with E-state index in [1.807, 2.05) is 0 Å². The van der Waals surface area contributed by atoms with Crippen molar-refractivity contribution in [1.82, 2.24) is 5.06 Å². The summed E-state index contributed by atoms with van der Waals surface area (Å²) in [5.74, 6) is 2.24. The normalized spacial score (nSPS) is 8.00. The Morgan fingerprint density at radius 1 is 1.89 bits per heavy atom. The van der Waals surface area contributed by atoms with E-state index in [0.29, 0.717) is 11.5 Å². The molecule has 0 saturated heterocycles. The molecule has 0 aromatic heterocycles. The highest BCUT2D eigenvalue weighted by molar-refractivity contribution is 5.70. The molecular weight excluding hydrogens is 120 g/mol. The number of terminal acetylenes is 1. The Balaban J connectivity index is 3.41. The van der Waals surface area contributed by atoms with Crippen LogP contribution in [0.4, 0.5) is 4.79 Å². The van der Waals surface area contributed by atoms with Crippen molar-refractivity contribution < 1.29 is 10.0 Å². The van der Waals surface area contributed by atoms with E-state index in [2.05, 4.69) is 11.7 Å². The average molecular weight is 128 g/mol. The lowest BCUT2D eigenvalue weighted by molar-refractivity contribution is -0.0372. The zero-order valence-corrected chi connectivity index (χ0v) is 4.87. The standard InChI is InChI=1S/C5H8N2O2/c1-2-3-4-7(9)5(6)8/h1,9H,3-4H2,(H2,6,8). The van der Waals surface area contributed by atoms with Gasteiger partial charge in [-0.2, -0.15) is 0 Å². The molecule has 0 saturated carbocycles.